The molecule has 1 amide bonds. The summed E-state index contributed by atoms with van der Waals surface area (Å²) in [6, 6.07) is 13.6. The molecular weight excluding hydrogens is 435 g/mol. The quantitative estimate of drug-likeness (QED) is 0.593. The number of methoxy groups -OCH3 is 1. The second-order valence-electron chi connectivity index (χ2n) is 7.67. The molecule has 0 atom stereocenters. The molecule has 1 fully saturated rings. The molecule has 31 heavy (non-hydrogen) atoms. The number of benzene rings is 2. The number of carbonyl (C=O) groups excluding carboxylic acids is 1. The van der Waals surface area contributed by atoms with Crippen molar-refractivity contribution in [3.05, 3.63) is 53.1 Å². The number of nitrogens with zero attached hydrogens (tertiary/aromatic N) is 3. The summed E-state index contributed by atoms with van der Waals surface area (Å²) in [6.07, 6.45) is 1.01. The van der Waals surface area contributed by atoms with Gasteiger partial charge in [-0.25, -0.2) is 0 Å². The first-order chi connectivity index (χ1) is 14.5. The number of hydrogen-bond donors (Lipinski definition) is 1. The monoisotopic (exact) mass is 466 g/mol. The van der Waals surface area contributed by atoms with E-state index in [9.17, 15) is 4.79 Å². The SMILES string of the molecule is COc1ccccc1N1CCN(CCCNc2ccc(Cl)cc2C(=O)N(C)C)CC1.Cl. The summed E-state index contributed by atoms with van der Waals surface area (Å²) in [7, 11) is 5.22. The molecule has 0 spiro atoms. The van der Waals surface area contributed by atoms with Gasteiger partial charge in [-0.1, -0.05) is 23.7 Å². The van der Waals surface area contributed by atoms with Crippen molar-refractivity contribution in [3.8, 4) is 5.75 Å². The minimum absolute atomic E-state index is 0. The Hall–Kier alpha value is -2.15. The van der Waals surface area contributed by atoms with Gasteiger partial charge in [0, 0.05) is 57.5 Å². The number of carbonyl (C=O) groups is 1. The van der Waals surface area contributed by atoms with Crippen LogP contribution in [0, 0.1) is 0 Å². The Morgan fingerprint density at radius 2 is 1.84 bits per heavy atom. The largest absolute Gasteiger partial charge is 0.495 e. The number of ether oxygens (including phenoxy) is 1. The third-order valence-corrected chi connectivity index (χ3v) is 5.62. The minimum Gasteiger partial charge on any atom is -0.495 e. The van der Waals surface area contributed by atoms with E-state index in [-0.39, 0.29) is 18.3 Å². The molecule has 1 N–H and O–H groups in total. The number of anilines is 2. The second-order valence-corrected chi connectivity index (χ2v) is 8.11. The maximum absolute atomic E-state index is 12.4. The third kappa shape index (κ3) is 6.66. The van der Waals surface area contributed by atoms with Crippen molar-refractivity contribution >= 4 is 41.3 Å². The fourth-order valence-electron chi connectivity index (χ4n) is 3.72. The van der Waals surface area contributed by atoms with Crippen molar-refractivity contribution in [1.82, 2.24) is 9.80 Å². The Kier molecular flexibility index (Phi) is 9.75. The Balaban J connectivity index is 0.00000341. The molecule has 170 valence electrons. The van der Waals surface area contributed by atoms with Crippen LogP contribution in [0.2, 0.25) is 5.02 Å². The molecule has 1 aliphatic rings. The lowest BCUT2D eigenvalue weighted by Crippen LogP contribution is -2.47. The second kappa shape index (κ2) is 12.0. The highest BCUT2D eigenvalue weighted by atomic mass is 35.5. The van der Waals surface area contributed by atoms with Gasteiger partial charge in [-0.2, -0.15) is 0 Å². The van der Waals surface area contributed by atoms with Gasteiger partial charge in [-0.3, -0.25) is 9.69 Å². The maximum atomic E-state index is 12.4. The van der Waals surface area contributed by atoms with E-state index in [0.717, 1.165) is 57.1 Å². The molecule has 2 aromatic carbocycles. The van der Waals surface area contributed by atoms with Gasteiger partial charge in [0.2, 0.25) is 0 Å². The molecular formula is C23H32Cl2N4O2. The molecule has 1 heterocycles. The van der Waals surface area contributed by atoms with E-state index >= 15 is 0 Å². The molecule has 0 aromatic heterocycles. The highest BCUT2D eigenvalue weighted by Crippen LogP contribution is 2.28. The van der Waals surface area contributed by atoms with Crippen LogP contribution in [0.25, 0.3) is 0 Å². The van der Waals surface area contributed by atoms with Gasteiger partial charge in [-0.05, 0) is 43.3 Å². The highest BCUT2D eigenvalue weighted by molar-refractivity contribution is 6.31. The number of amides is 1. The molecule has 0 aliphatic carbocycles. The number of para-hydroxylation sites is 2. The zero-order valence-corrected chi connectivity index (χ0v) is 20.0. The number of piperazine rings is 1. The van der Waals surface area contributed by atoms with Crippen LogP contribution >= 0.6 is 24.0 Å². The molecule has 0 saturated carbocycles. The summed E-state index contributed by atoms with van der Waals surface area (Å²) in [5.74, 6) is 0.883. The fraction of sp³-hybridized carbons (Fsp3) is 0.435. The van der Waals surface area contributed by atoms with Gasteiger partial charge in [-0.15, -0.1) is 12.4 Å². The first-order valence-corrected chi connectivity index (χ1v) is 10.7. The van der Waals surface area contributed by atoms with Crippen molar-refractivity contribution in [3.63, 3.8) is 0 Å². The molecule has 6 nitrogen and oxygen atoms in total. The van der Waals surface area contributed by atoms with Crippen molar-refractivity contribution in [1.29, 1.82) is 0 Å². The van der Waals surface area contributed by atoms with E-state index in [1.54, 1.807) is 32.2 Å². The van der Waals surface area contributed by atoms with Gasteiger partial charge in [0.25, 0.3) is 5.91 Å². The number of rotatable bonds is 8. The number of halogens is 2. The number of nitrogens with one attached hydrogen (secondary N) is 1. The first-order valence-electron chi connectivity index (χ1n) is 10.3. The van der Waals surface area contributed by atoms with Crippen LogP contribution in [-0.4, -0.2) is 76.2 Å². The highest BCUT2D eigenvalue weighted by Gasteiger charge is 2.19. The van der Waals surface area contributed by atoms with Gasteiger partial charge in [0.05, 0.1) is 18.4 Å². The summed E-state index contributed by atoms with van der Waals surface area (Å²) in [6.45, 7) is 5.88. The van der Waals surface area contributed by atoms with Crippen LogP contribution in [-0.2, 0) is 0 Å². The average molecular weight is 467 g/mol. The summed E-state index contributed by atoms with van der Waals surface area (Å²) < 4.78 is 5.50. The summed E-state index contributed by atoms with van der Waals surface area (Å²) >= 11 is 6.09. The third-order valence-electron chi connectivity index (χ3n) is 5.38. The molecule has 1 saturated heterocycles. The summed E-state index contributed by atoms with van der Waals surface area (Å²) in [4.78, 5) is 18.8. The molecule has 2 aromatic rings. The minimum atomic E-state index is -0.0486. The lowest BCUT2D eigenvalue weighted by atomic mass is 10.1. The van der Waals surface area contributed by atoms with Crippen LogP contribution in [0.1, 0.15) is 16.8 Å². The predicted octanol–water partition coefficient (Wildman–Crippen LogP) is 4.10. The van der Waals surface area contributed by atoms with Gasteiger partial charge >= 0.3 is 0 Å². The fourth-order valence-corrected chi connectivity index (χ4v) is 3.89. The van der Waals surface area contributed by atoms with Gasteiger partial charge < -0.3 is 19.9 Å². The average Bonchev–Trinajstić information content (AvgIpc) is 2.77. The summed E-state index contributed by atoms with van der Waals surface area (Å²) in [5, 5.41) is 3.97. The Morgan fingerprint density at radius 1 is 1.13 bits per heavy atom. The normalized spacial score (nSPS) is 14.0. The topological polar surface area (TPSA) is 48.1 Å². The Bertz CT molecular complexity index is 855. The van der Waals surface area contributed by atoms with Crippen LogP contribution in [0.5, 0.6) is 5.75 Å². The standard InChI is InChI=1S/C23H31ClN4O2.ClH/c1-26(2)23(29)19-17-18(24)9-10-20(19)25-11-6-12-27-13-15-28(16-14-27)21-7-4-5-8-22(21)30-3;/h4-5,7-10,17,25H,6,11-16H2,1-3H3;1H. The van der Waals surface area contributed by atoms with Crippen molar-refractivity contribution in [2.24, 2.45) is 0 Å². The lowest BCUT2D eigenvalue weighted by molar-refractivity contribution is 0.0828. The predicted molar refractivity (Wildman–Crippen MR) is 131 cm³/mol. The van der Waals surface area contributed by atoms with Crippen molar-refractivity contribution in [2.75, 3.05) is 70.7 Å². The first kappa shape index (κ1) is 25.1. The molecule has 0 bridgehead atoms. The Morgan fingerprint density at radius 3 is 2.52 bits per heavy atom. The van der Waals surface area contributed by atoms with Crippen LogP contribution < -0.4 is 15.0 Å². The van der Waals surface area contributed by atoms with Crippen LogP contribution in [0.3, 0.4) is 0 Å². The van der Waals surface area contributed by atoms with Gasteiger partial charge in [0.15, 0.2) is 0 Å². The van der Waals surface area contributed by atoms with E-state index in [2.05, 4.69) is 27.2 Å². The van der Waals surface area contributed by atoms with E-state index in [1.807, 2.05) is 24.3 Å². The van der Waals surface area contributed by atoms with Gasteiger partial charge in [0.1, 0.15) is 5.75 Å². The Labute approximate surface area is 196 Å². The summed E-state index contributed by atoms with van der Waals surface area (Å²) in [5.41, 5.74) is 2.61. The molecule has 0 unspecified atom stereocenters. The maximum Gasteiger partial charge on any atom is 0.255 e. The zero-order chi connectivity index (χ0) is 21.5. The van der Waals surface area contributed by atoms with Crippen LogP contribution in [0.15, 0.2) is 42.5 Å². The van der Waals surface area contributed by atoms with E-state index in [0.29, 0.717) is 10.6 Å². The molecule has 0 radical (unpaired) electrons. The van der Waals surface area contributed by atoms with Crippen molar-refractivity contribution in [2.45, 2.75) is 6.42 Å². The molecule has 1 aliphatic heterocycles. The number of hydrogen-bond acceptors (Lipinski definition) is 5. The van der Waals surface area contributed by atoms with E-state index in [1.165, 1.54) is 5.69 Å². The van der Waals surface area contributed by atoms with Crippen LogP contribution in [0.4, 0.5) is 11.4 Å². The van der Waals surface area contributed by atoms with Crippen molar-refractivity contribution < 1.29 is 9.53 Å². The zero-order valence-electron chi connectivity index (χ0n) is 18.4. The van der Waals surface area contributed by atoms with E-state index < -0.39 is 0 Å². The lowest BCUT2D eigenvalue weighted by Gasteiger charge is -2.36. The molecule has 8 heteroatoms. The van der Waals surface area contributed by atoms with E-state index in [4.69, 9.17) is 16.3 Å². The smallest absolute Gasteiger partial charge is 0.255 e. The molecule has 3 rings (SSSR count).